The number of allylic oxidation sites excluding steroid dienone is 1. The Morgan fingerprint density at radius 3 is 2.72 bits per heavy atom. The Bertz CT molecular complexity index is 825. The van der Waals surface area contributed by atoms with E-state index >= 15 is 0 Å². The topological polar surface area (TPSA) is 53.0 Å². The van der Waals surface area contributed by atoms with Crippen molar-refractivity contribution in [3.63, 3.8) is 0 Å². The molecule has 1 aliphatic carbocycles. The summed E-state index contributed by atoms with van der Waals surface area (Å²) >= 11 is 0. The van der Waals surface area contributed by atoms with Gasteiger partial charge in [-0.3, -0.25) is 9.69 Å². The first kappa shape index (κ1) is 20.2. The maximum absolute atomic E-state index is 11.9. The molecule has 5 heteroatoms. The van der Waals surface area contributed by atoms with E-state index in [4.69, 9.17) is 4.74 Å². The molecule has 1 aromatic rings. The molecule has 4 rings (SSSR count). The van der Waals surface area contributed by atoms with Gasteiger partial charge in [0.2, 0.25) is 0 Å². The number of ketones is 1. The predicted molar refractivity (Wildman–Crippen MR) is 115 cm³/mol. The number of piperazine rings is 1. The zero-order valence-corrected chi connectivity index (χ0v) is 17.7. The third kappa shape index (κ3) is 4.12. The van der Waals surface area contributed by atoms with E-state index in [-0.39, 0.29) is 11.3 Å². The lowest BCUT2D eigenvalue weighted by Gasteiger charge is -2.45. The van der Waals surface area contributed by atoms with Crippen LogP contribution in [0.2, 0.25) is 0 Å². The number of likely N-dealkylation sites (N-methyl/N-ethyl adjacent to an activating group) is 1. The first-order chi connectivity index (χ1) is 13.9. The SMILES string of the molecule is CC(C)=CCOc1ccc(C=C2CN(C)[C@@H]3CN2C2(CCC(=O)[C@H](O)C2)C3)cc1. The van der Waals surface area contributed by atoms with Gasteiger partial charge in [-0.25, -0.2) is 0 Å². The van der Waals surface area contributed by atoms with Crippen molar-refractivity contribution in [1.82, 2.24) is 9.80 Å². The number of carbonyl (C=O) groups is 1. The summed E-state index contributed by atoms with van der Waals surface area (Å²) in [6.45, 7) is 6.60. The van der Waals surface area contributed by atoms with Crippen molar-refractivity contribution in [3.05, 3.63) is 47.2 Å². The number of carbonyl (C=O) groups excluding carboxylic acids is 1. The van der Waals surface area contributed by atoms with Gasteiger partial charge >= 0.3 is 0 Å². The third-order valence-corrected chi connectivity index (χ3v) is 6.70. The third-order valence-electron chi connectivity index (χ3n) is 6.70. The highest BCUT2D eigenvalue weighted by molar-refractivity contribution is 5.84. The summed E-state index contributed by atoms with van der Waals surface area (Å²) in [5.41, 5.74) is 3.60. The van der Waals surface area contributed by atoms with E-state index in [1.165, 1.54) is 11.3 Å². The Balaban J connectivity index is 1.53. The van der Waals surface area contributed by atoms with E-state index in [0.29, 0.717) is 25.5 Å². The second kappa shape index (κ2) is 7.96. The van der Waals surface area contributed by atoms with Crippen molar-refractivity contribution in [3.8, 4) is 5.75 Å². The summed E-state index contributed by atoms with van der Waals surface area (Å²) < 4.78 is 5.76. The van der Waals surface area contributed by atoms with E-state index in [1.54, 1.807) is 0 Å². The molecule has 3 atom stereocenters. The van der Waals surface area contributed by atoms with Gasteiger partial charge in [-0.05, 0) is 63.6 Å². The number of Topliss-reactive ketones (excluding diaryl/α,β-unsaturated/α-hetero) is 1. The molecule has 2 bridgehead atoms. The highest BCUT2D eigenvalue weighted by atomic mass is 16.5. The lowest BCUT2D eigenvalue weighted by atomic mass is 9.77. The predicted octanol–water partition coefficient (Wildman–Crippen LogP) is 3.24. The average Bonchev–Trinajstić information content (AvgIpc) is 3.00. The van der Waals surface area contributed by atoms with Crippen LogP contribution < -0.4 is 4.74 Å². The quantitative estimate of drug-likeness (QED) is 0.792. The van der Waals surface area contributed by atoms with Crippen LogP contribution in [0.3, 0.4) is 0 Å². The summed E-state index contributed by atoms with van der Waals surface area (Å²) in [6, 6.07) is 8.73. The molecular weight excluding hydrogens is 364 g/mol. The van der Waals surface area contributed by atoms with Crippen LogP contribution in [0.1, 0.15) is 45.1 Å². The van der Waals surface area contributed by atoms with Crippen molar-refractivity contribution in [2.24, 2.45) is 0 Å². The van der Waals surface area contributed by atoms with Gasteiger partial charge in [0.15, 0.2) is 5.78 Å². The Kier molecular flexibility index (Phi) is 5.54. The van der Waals surface area contributed by atoms with E-state index in [9.17, 15) is 9.90 Å². The summed E-state index contributed by atoms with van der Waals surface area (Å²) in [4.78, 5) is 16.8. The molecule has 2 saturated heterocycles. The summed E-state index contributed by atoms with van der Waals surface area (Å²) in [6.07, 6.45) is 6.43. The van der Waals surface area contributed by atoms with Gasteiger partial charge < -0.3 is 14.7 Å². The van der Waals surface area contributed by atoms with Crippen LogP contribution in [0.15, 0.2) is 41.6 Å². The van der Waals surface area contributed by atoms with Crippen LogP contribution in [-0.2, 0) is 4.79 Å². The Hall–Kier alpha value is -2.11. The first-order valence-corrected chi connectivity index (χ1v) is 10.6. The van der Waals surface area contributed by atoms with Gasteiger partial charge in [0.1, 0.15) is 18.5 Å². The number of rotatable bonds is 4. The van der Waals surface area contributed by atoms with Gasteiger partial charge in [-0.15, -0.1) is 0 Å². The van der Waals surface area contributed by atoms with Crippen LogP contribution in [0, 0.1) is 0 Å². The molecule has 1 unspecified atom stereocenters. The number of hydrogen-bond donors (Lipinski definition) is 1. The lowest BCUT2D eigenvalue weighted by molar-refractivity contribution is -0.133. The minimum atomic E-state index is -0.813. The fraction of sp³-hybridized carbons (Fsp3) is 0.542. The number of hydrogen-bond acceptors (Lipinski definition) is 5. The first-order valence-electron chi connectivity index (χ1n) is 10.6. The minimum Gasteiger partial charge on any atom is -0.490 e. The molecular formula is C24H32N2O3. The van der Waals surface area contributed by atoms with Crippen molar-refractivity contribution < 1.29 is 14.6 Å². The molecule has 156 valence electrons. The second-order valence-electron chi connectivity index (χ2n) is 9.09. The van der Waals surface area contributed by atoms with Gasteiger partial charge in [0.05, 0.1) is 0 Å². The van der Waals surface area contributed by atoms with Crippen molar-refractivity contribution in [2.75, 3.05) is 26.7 Å². The monoisotopic (exact) mass is 396 g/mol. The maximum Gasteiger partial charge on any atom is 0.161 e. The van der Waals surface area contributed by atoms with E-state index < -0.39 is 6.10 Å². The molecule has 1 saturated carbocycles. The lowest BCUT2D eigenvalue weighted by Crippen LogP contribution is -2.52. The van der Waals surface area contributed by atoms with Crippen molar-refractivity contribution in [2.45, 2.75) is 57.2 Å². The fourth-order valence-corrected chi connectivity index (χ4v) is 5.01. The normalized spacial score (nSPS) is 30.8. The zero-order chi connectivity index (χ0) is 20.6. The summed E-state index contributed by atoms with van der Waals surface area (Å²) in [7, 11) is 2.18. The zero-order valence-electron chi connectivity index (χ0n) is 17.7. The van der Waals surface area contributed by atoms with Gasteiger partial charge in [-0.1, -0.05) is 17.7 Å². The number of nitrogens with zero attached hydrogens (tertiary/aromatic N) is 2. The molecule has 0 aromatic heterocycles. The number of aliphatic hydroxyl groups excluding tert-OH is 1. The molecule has 1 N–H and O–H groups in total. The molecule has 5 nitrogen and oxygen atoms in total. The average molecular weight is 397 g/mol. The smallest absolute Gasteiger partial charge is 0.161 e. The Morgan fingerprint density at radius 1 is 1.28 bits per heavy atom. The molecule has 3 fully saturated rings. The number of aliphatic hydroxyl groups is 1. The highest BCUT2D eigenvalue weighted by Gasteiger charge is 2.53. The van der Waals surface area contributed by atoms with Gasteiger partial charge in [0, 0.05) is 43.2 Å². The molecule has 2 heterocycles. The number of benzene rings is 1. The Labute approximate surface area is 173 Å². The molecule has 3 aliphatic rings. The molecule has 0 amide bonds. The molecule has 1 spiro atoms. The van der Waals surface area contributed by atoms with E-state index in [0.717, 1.165) is 37.2 Å². The minimum absolute atomic E-state index is 0.000793. The second-order valence-corrected chi connectivity index (χ2v) is 9.09. The van der Waals surface area contributed by atoms with Crippen LogP contribution in [0.5, 0.6) is 5.75 Å². The van der Waals surface area contributed by atoms with Crippen LogP contribution in [0.4, 0.5) is 0 Å². The maximum atomic E-state index is 11.9. The van der Waals surface area contributed by atoms with E-state index in [2.05, 4.69) is 55.0 Å². The summed E-state index contributed by atoms with van der Waals surface area (Å²) in [5, 5.41) is 10.3. The molecule has 29 heavy (non-hydrogen) atoms. The van der Waals surface area contributed by atoms with Gasteiger partial charge in [0.25, 0.3) is 0 Å². The number of ether oxygens (including phenoxy) is 1. The fourth-order valence-electron chi connectivity index (χ4n) is 5.01. The van der Waals surface area contributed by atoms with E-state index in [1.807, 2.05) is 12.1 Å². The standard InChI is InChI=1S/C24H32N2O3/c1-17(2)9-11-29-21-6-4-18(5-7-21)12-19-15-25(3)20-13-24(26(19)16-20)10-8-22(27)23(28)14-24/h4-7,9,12,20,23,28H,8,10-11,13-16H2,1-3H3/t20-,23+,24?/m0/s1. The van der Waals surface area contributed by atoms with Crippen molar-refractivity contribution in [1.29, 1.82) is 0 Å². The highest BCUT2D eigenvalue weighted by Crippen LogP contribution is 2.46. The molecule has 2 aliphatic heterocycles. The van der Waals surface area contributed by atoms with Crippen LogP contribution in [-0.4, -0.2) is 65.1 Å². The van der Waals surface area contributed by atoms with Crippen LogP contribution >= 0.6 is 0 Å². The Morgan fingerprint density at radius 2 is 2.03 bits per heavy atom. The summed E-state index contributed by atoms with van der Waals surface area (Å²) in [5.74, 6) is 0.873. The van der Waals surface area contributed by atoms with Gasteiger partial charge in [-0.2, -0.15) is 0 Å². The van der Waals surface area contributed by atoms with Crippen LogP contribution in [0.25, 0.3) is 6.08 Å². The largest absolute Gasteiger partial charge is 0.490 e. The van der Waals surface area contributed by atoms with Crippen molar-refractivity contribution >= 4 is 11.9 Å². The molecule has 0 radical (unpaired) electrons. The molecule has 1 aromatic carbocycles. The number of fused-ring (bicyclic) bond motifs is 3.